The summed E-state index contributed by atoms with van der Waals surface area (Å²) in [5, 5.41) is 22.6. The third-order valence-electron chi connectivity index (χ3n) is 7.88. The first kappa shape index (κ1) is 27.6. The number of nitrogens with zero attached hydrogens (tertiary/aromatic N) is 3. The van der Waals surface area contributed by atoms with Crippen molar-refractivity contribution in [1.82, 2.24) is 0 Å². The van der Waals surface area contributed by atoms with Gasteiger partial charge in [-0.05, 0) is 55.6 Å². The number of allylic oxidation sites excluding steroid dienone is 3. The molecular weight excluding hydrogens is 528 g/mol. The van der Waals surface area contributed by atoms with Crippen molar-refractivity contribution in [3.8, 4) is 6.07 Å². The van der Waals surface area contributed by atoms with Crippen LogP contribution in [0.4, 0.5) is 10.7 Å². The molecule has 2 N–H and O–H groups in total. The van der Waals surface area contributed by atoms with E-state index in [1.165, 1.54) is 23.5 Å². The highest BCUT2D eigenvalue weighted by Gasteiger charge is 2.46. The number of ketones is 1. The third kappa shape index (κ3) is 4.68. The molecule has 0 fully saturated rings. The lowest BCUT2D eigenvalue weighted by Gasteiger charge is -2.43. The lowest BCUT2D eigenvalue weighted by molar-refractivity contribution is -0.384. The minimum absolute atomic E-state index is 0.130. The van der Waals surface area contributed by atoms with E-state index in [0.29, 0.717) is 33.8 Å². The van der Waals surface area contributed by atoms with Crippen molar-refractivity contribution in [2.24, 2.45) is 11.1 Å². The maximum absolute atomic E-state index is 13.9. The topological polar surface area (TPSA) is 140 Å². The minimum Gasteiger partial charge on any atom is -0.462 e. The van der Waals surface area contributed by atoms with Crippen molar-refractivity contribution in [2.75, 3.05) is 11.5 Å². The van der Waals surface area contributed by atoms with Crippen LogP contribution in [0.15, 0.2) is 46.9 Å². The van der Waals surface area contributed by atoms with Crippen LogP contribution < -0.4 is 10.6 Å². The average molecular weight is 561 g/mol. The van der Waals surface area contributed by atoms with Crippen molar-refractivity contribution in [3.63, 3.8) is 0 Å². The van der Waals surface area contributed by atoms with Crippen LogP contribution in [-0.2, 0) is 22.4 Å². The van der Waals surface area contributed by atoms with Gasteiger partial charge in [0.25, 0.3) is 5.69 Å². The first-order chi connectivity index (χ1) is 19.1. The van der Waals surface area contributed by atoms with Gasteiger partial charge < -0.3 is 10.5 Å². The highest BCUT2D eigenvalue weighted by molar-refractivity contribution is 7.16. The Morgan fingerprint density at radius 3 is 2.73 bits per heavy atom. The first-order valence-electron chi connectivity index (χ1n) is 13.6. The zero-order valence-corrected chi connectivity index (χ0v) is 23.7. The van der Waals surface area contributed by atoms with Gasteiger partial charge in [0, 0.05) is 34.7 Å². The number of nitrogens with two attached hydrogens (primary N) is 1. The number of carbonyl (C=O) groups excluding carboxylic acids is 2. The Bertz CT molecular complexity index is 1530. The van der Waals surface area contributed by atoms with Crippen molar-refractivity contribution in [1.29, 1.82) is 5.26 Å². The molecule has 2 aromatic rings. The lowest BCUT2D eigenvalue weighted by Crippen LogP contribution is -2.42. The Kier molecular flexibility index (Phi) is 7.27. The van der Waals surface area contributed by atoms with Crippen LogP contribution in [0.1, 0.15) is 85.2 Å². The lowest BCUT2D eigenvalue weighted by atomic mass is 9.68. The number of fused-ring (bicyclic) bond motifs is 1. The van der Waals surface area contributed by atoms with Gasteiger partial charge in [-0.25, -0.2) is 4.79 Å². The van der Waals surface area contributed by atoms with Crippen LogP contribution >= 0.6 is 11.3 Å². The van der Waals surface area contributed by atoms with E-state index < -0.39 is 22.2 Å². The second-order valence-electron chi connectivity index (χ2n) is 11.3. The fraction of sp³-hybridized carbons (Fsp3) is 0.433. The molecule has 1 aromatic heterocycles. The van der Waals surface area contributed by atoms with Gasteiger partial charge in [0.15, 0.2) is 5.78 Å². The molecule has 0 radical (unpaired) electrons. The number of Topliss-reactive ketones (excluding diaryl/α,β-unsaturated/α-hetero) is 1. The van der Waals surface area contributed by atoms with Crippen LogP contribution in [0.2, 0.25) is 0 Å². The molecule has 0 saturated carbocycles. The quantitative estimate of drug-likeness (QED) is 0.202. The van der Waals surface area contributed by atoms with Gasteiger partial charge in [-0.1, -0.05) is 32.4 Å². The molecule has 0 spiro atoms. The number of nitriles is 1. The minimum atomic E-state index is -0.844. The maximum atomic E-state index is 13.9. The molecule has 0 saturated heterocycles. The van der Waals surface area contributed by atoms with Crippen LogP contribution in [0.5, 0.6) is 0 Å². The summed E-state index contributed by atoms with van der Waals surface area (Å²) in [5.74, 6) is -1.29. The van der Waals surface area contributed by atoms with Crippen molar-refractivity contribution < 1.29 is 19.2 Å². The molecule has 0 amide bonds. The van der Waals surface area contributed by atoms with E-state index in [-0.39, 0.29) is 35.9 Å². The molecule has 1 aromatic carbocycles. The van der Waals surface area contributed by atoms with Crippen molar-refractivity contribution in [2.45, 2.75) is 71.6 Å². The predicted molar refractivity (Wildman–Crippen MR) is 152 cm³/mol. The molecule has 208 valence electrons. The first-order valence-corrected chi connectivity index (χ1v) is 14.4. The Balaban J connectivity index is 1.79. The number of anilines is 1. The van der Waals surface area contributed by atoms with Crippen molar-refractivity contribution in [3.05, 3.63) is 78.6 Å². The van der Waals surface area contributed by atoms with Gasteiger partial charge in [-0.3, -0.25) is 19.8 Å². The summed E-state index contributed by atoms with van der Waals surface area (Å²) in [6, 6.07) is 8.24. The standard InChI is InChI=1S/C30H32N4O5S/c1-4-39-29(36)25-19-11-6-5-7-12-23(19)40-28(25)33-21-14-30(2,3)15-22(35)26(21)24(20(16-31)27(33)32)17-9-8-10-18(13-17)34(37)38/h8-10,13,24H,4-7,11-12,14-15,32H2,1-3H3/t24-/m1/s1. The fourth-order valence-electron chi connectivity index (χ4n) is 6.19. The number of ether oxygens (including phenoxy) is 1. The van der Waals surface area contributed by atoms with E-state index in [0.717, 1.165) is 42.5 Å². The number of thiophene rings is 1. The number of hydrogen-bond donors (Lipinski definition) is 1. The smallest absolute Gasteiger partial charge is 0.341 e. The molecule has 10 heteroatoms. The molecule has 1 atom stereocenters. The molecule has 0 unspecified atom stereocenters. The summed E-state index contributed by atoms with van der Waals surface area (Å²) >= 11 is 1.48. The summed E-state index contributed by atoms with van der Waals surface area (Å²) in [7, 11) is 0. The van der Waals surface area contributed by atoms with Gasteiger partial charge in [-0.15, -0.1) is 11.3 Å². The molecule has 5 rings (SSSR count). The molecular formula is C30H32N4O5S. The second-order valence-corrected chi connectivity index (χ2v) is 12.4. The number of carbonyl (C=O) groups is 2. The SMILES string of the molecule is CCOC(=O)c1c(N2C(N)=C(C#N)[C@@H](c3cccc([N+](=O)[O-])c3)C3=C2CC(C)(C)CC3=O)sc2c1CCCCC2. The van der Waals surface area contributed by atoms with E-state index in [2.05, 4.69) is 6.07 Å². The van der Waals surface area contributed by atoms with Crippen molar-refractivity contribution >= 4 is 33.8 Å². The van der Waals surface area contributed by atoms with Crippen LogP contribution in [0.25, 0.3) is 0 Å². The second kappa shape index (κ2) is 10.5. The summed E-state index contributed by atoms with van der Waals surface area (Å²) in [5.41, 5.74) is 9.35. The van der Waals surface area contributed by atoms with E-state index in [4.69, 9.17) is 10.5 Å². The number of non-ortho nitro benzene ring substituents is 1. The highest BCUT2D eigenvalue weighted by atomic mass is 32.1. The van der Waals surface area contributed by atoms with Gasteiger partial charge in [-0.2, -0.15) is 5.26 Å². The molecule has 0 bridgehead atoms. The van der Waals surface area contributed by atoms with E-state index in [9.17, 15) is 25.0 Å². The summed E-state index contributed by atoms with van der Waals surface area (Å²) in [6.07, 6.45) is 5.36. The number of benzene rings is 1. The molecule has 3 aliphatic rings. The van der Waals surface area contributed by atoms with Crippen LogP contribution in [0.3, 0.4) is 0 Å². The number of esters is 1. The Morgan fingerprint density at radius 2 is 2.02 bits per heavy atom. The number of nitro benzene ring substituents is 1. The monoisotopic (exact) mass is 560 g/mol. The van der Waals surface area contributed by atoms with E-state index in [1.807, 2.05) is 13.8 Å². The average Bonchev–Trinajstić information content (AvgIpc) is 3.09. The number of hydrogen-bond acceptors (Lipinski definition) is 9. The van der Waals surface area contributed by atoms with Gasteiger partial charge in [0.05, 0.1) is 34.7 Å². The molecule has 1 aliphatic heterocycles. The normalized spacial score (nSPS) is 20.4. The zero-order valence-electron chi connectivity index (χ0n) is 22.9. The maximum Gasteiger partial charge on any atom is 0.341 e. The Hall–Kier alpha value is -3.97. The van der Waals surface area contributed by atoms with Gasteiger partial charge >= 0.3 is 5.97 Å². The molecule has 9 nitrogen and oxygen atoms in total. The van der Waals surface area contributed by atoms with Gasteiger partial charge in [0.2, 0.25) is 0 Å². The van der Waals surface area contributed by atoms with Gasteiger partial charge in [0.1, 0.15) is 10.8 Å². The highest BCUT2D eigenvalue weighted by Crippen LogP contribution is 2.53. The summed E-state index contributed by atoms with van der Waals surface area (Å²) < 4.78 is 5.51. The number of rotatable bonds is 5. The molecule has 40 heavy (non-hydrogen) atoms. The van der Waals surface area contributed by atoms with E-state index >= 15 is 0 Å². The third-order valence-corrected chi connectivity index (χ3v) is 9.16. The Labute approximate surface area is 237 Å². The summed E-state index contributed by atoms with van der Waals surface area (Å²) in [4.78, 5) is 41.2. The number of aryl methyl sites for hydroxylation is 1. The molecule has 2 heterocycles. The Morgan fingerprint density at radius 1 is 1.27 bits per heavy atom. The van der Waals surface area contributed by atoms with Crippen LogP contribution in [-0.4, -0.2) is 23.3 Å². The largest absolute Gasteiger partial charge is 0.462 e. The zero-order chi connectivity index (χ0) is 28.8. The summed E-state index contributed by atoms with van der Waals surface area (Å²) in [6.45, 7) is 5.99. The van der Waals surface area contributed by atoms with Crippen LogP contribution in [0, 0.1) is 26.9 Å². The number of nitro groups is 1. The van der Waals surface area contributed by atoms with E-state index in [1.54, 1.807) is 24.0 Å². The fourth-order valence-corrected chi connectivity index (χ4v) is 7.61. The molecule has 2 aliphatic carbocycles. The predicted octanol–water partition coefficient (Wildman–Crippen LogP) is 6.04.